The number of aliphatic hydroxyl groups is 1. The van der Waals surface area contributed by atoms with Gasteiger partial charge in [0.25, 0.3) is 0 Å². The van der Waals surface area contributed by atoms with Gasteiger partial charge in [-0.05, 0) is 20.3 Å². The number of hydrogen-bond acceptors (Lipinski definition) is 5. The van der Waals surface area contributed by atoms with E-state index in [1.165, 1.54) is 0 Å². The summed E-state index contributed by atoms with van der Waals surface area (Å²) in [5.41, 5.74) is 0.973. The lowest BCUT2D eigenvalue weighted by Gasteiger charge is -2.17. The largest absolute Gasteiger partial charge is 0.393 e. The molecule has 0 fully saturated rings. The number of anilines is 2. The molecule has 0 bridgehead atoms. The quantitative estimate of drug-likeness (QED) is 0.761. The molecular weight excluding hydrogens is 264 g/mol. The van der Waals surface area contributed by atoms with Crippen LogP contribution < -0.4 is 10.6 Å². The van der Waals surface area contributed by atoms with Crippen LogP contribution in [0, 0.1) is 0 Å². The number of nitrogens with zero attached hydrogens (tertiary/aromatic N) is 2. The Hall–Kier alpha value is -2.14. The Kier molecular flexibility index (Phi) is 5.11. The molecule has 0 amide bonds. The molecule has 21 heavy (non-hydrogen) atoms. The van der Waals surface area contributed by atoms with Crippen LogP contribution in [0.3, 0.4) is 0 Å². The van der Waals surface area contributed by atoms with Crippen LogP contribution in [0.4, 0.5) is 11.6 Å². The Morgan fingerprint density at radius 2 is 1.76 bits per heavy atom. The summed E-state index contributed by atoms with van der Waals surface area (Å²) < 4.78 is 0. The van der Waals surface area contributed by atoms with Crippen LogP contribution in [0.5, 0.6) is 0 Å². The number of nitrogens with one attached hydrogen (secondary N) is 2. The number of benzene rings is 1. The lowest BCUT2D eigenvalue weighted by molar-refractivity contribution is 0.179. The third-order valence-electron chi connectivity index (χ3n) is 3.10. The predicted octanol–water partition coefficient (Wildman–Crippen LogP) is 2.76. The third-order valence-corrected chi connectivity index (χ3v) is 3.10. The van der Waals surface area contributed by atoms with E-state index in [0.29, 0.717) is 12.2 Å². The van der Waals surface area contributed by atoms with Gasteiger partial charge < -0.3 is 15.7 Å². The van der Waals surface area contributed by atoms with Gasteiger partial charge in [0.05, 0.1) is 6.10 Å². The molecule has 2 rings (SSSR count). The maximum Gasteiger partial charge on any atom is 0.163 e. The molecular formula is C16H22N4O. The molecule has 2 aromatic rings. The van der Waals surface area contributed by atoms with Crippen molar-refractivity contribution in [2.45, 2.75) is 32.4 Å². The third kappa shape index (κ3) is 4.43. The second kappa shape index (κ2) is 7.04. The fourth-order valence-electron chi connectivity index (χ4n) is 2.19. The van der Waals surface area contributed by atoms with Crippen LogP contribution in [0.1, 0.15) is 20.3 Å². The van der Waals surface area contributed by atoms with Gasteiger partial charge in [-0.2, -0.15) is 0 Å². The number of rotatable bonds is 6. The summed E-state index contributed by atoms with van der Waals surface area (Å²) in [5.74, 6) is 2.19. The summed E-state index contributed by atoms with van der Waals surface area (Å²) in [4.78, 5) is 9.03. The molecule has 112 valence electrons. The molecule has 0 aliphatic carbocycles. The monoisotopic (exact) mass is 286 g/mol. The van der Waals surface area contributed by atoms with Crippen molar-refractivity contribution in [1.29, 1.82) is 0 Å². The zero-order chi connectivity index (χ0) is 15.2. The minimum absolute atomic E-state index is 0.133. The first kappa shape index (κ1) is 15.3. The average molecular weight is 286 g/mol. The van der Waals surface area contributed by atoms with Crippen LogP contribution in [0.2, 0.25) is 0 Å². The topological polar surface area (TPSA) is 70.1 Å². The van der Waals surface area contributed by atoms with Crippen molar-refractivity contribution in [1.82, 2.24) is 9.97 Å². The van der Waals surface area contributed by atoms with Gasteiger partial charge in [-0.3, -0.25) is 0 Å². The van der Waals surface area contributed by atoms with E-state index in [2.05, 4.69) is 20.6 Å². The van der Waals surface area contributed by atoms with Gasteiger partial charge in [0.2, 0.25) is 0 Å². The second-order valence-corrected chi connectivity index (χ2v) is 5.21. The summed E-state index contributed by atoms with van der Waals surface area (Å²) in [5, 5.41) is 15.8. The first-order valence-corrected chi connectivity index (χ1v) is 7.15. The van der Waals surface area contributed by atoms with E-state index in [0.717, 1.165) is 17.2 Å². The van der Waals surface area contributed by atoms with E-state index in [-0.39, 0.29) is 12.1 Å². The summed E-state index contributed by atoms with van der Waals surface area (Å²) in [6.07, 6.45) is 0.325. The minimum Gasteiger partial charge on any atom is -0.393 e. The highest BCUT2D eigenvalue weighted by Crippen LogP contribution is 2.20. The Morgan fingerprint density at radius 1 is 1.10 bits per heavy atom. The second-order valence-electron chi connectivity index (χ2n) is 5.21. The standard InChI is InChI=1S/C16H22N4O/c1-11(9-12(2)21)18-15-10-14(17-3)19-16(20-15)13-7-5-4-6-8-13/h4-8,10-12,21H,9H2,1-3H3,(H2,17,18,19,20). The van der Waals surface area contributed by atoms with Gasteiger partial charge in [-0.1, -0.05) is 30.3 Å². The van der Waals surface area contributed by atoms with E-state index < -0.39 is 0 Å². The van der Waals surface area contributed by atoms with Crippen LogP contribution in [-0.2, 0) is 0 Å². The summed E-state index contributed by atoms with van der Waals surface area (Å²) in [6.45, 7) is 3.81. The molecule has 0 radical (unpaired) electrons. The number of hydrogen-bond donors (Lipinski definition) is 3. The molecule has 0 aliphatic heterocycles. The maximum absolute atomic E-state index is 9.45. The highest BCUT2D eigenvalue weighted by Gasteiger charge is 2.10. The zero-order valence-corrected chi connectivity index (χ0v) is 12.7. The summed E-state index contributed by atoms with van der Waals surface area (Å²) in [7, 11) is 1.83. The van der Waals surface area contributed by atoms with Crippen molar-refractivity contribution in [3.63, 3.8) is 0 Å². The van der Waals surface area contributed by atoms with Crippen molar-refractivity contribution in [2.75, 3.05) is 17.7 Å². The smallest absolute Gasteiger partial charge is 0.163 e. The highest BCUT2D eigenvalue weighted by molar-refractivity contribution is 5.61. The van der Waals surface area contributed by atoms with E-state index in [1.54, 1.807) is 6.92 Å². The molecule has 3 N–H and O–H groups in total. The van der Waals surface area contributed by atoms with Crippen molar-refractivity contribution in [3.8, 4) is 11.4 Å². The van der Waals surface area contributed by atoms with Crippen LogP contribution in [0.15, 0.2) is 36.4 Å². The SMILES string of the molecule is CNc1cc(NC(C)CC(C)O)nc(-c2ccccc2)n1. The maximum atomic E-state index is 9.45. The van der Waals surface area contributed by atoms with Gasteiger partial charge in [0.15, 0.2) is 5.82 Å². The molecule has 0 saturated carbocycles. The Labute approximate surface area is 125 Å². The Balaban J connectivity index is 2.26. The Bertz CT molecular complexity index is 572. The average Bonchev–Trinajstić information content (AvgIpc) is 2.46. The molecule has 2 unspecified atom stereocenters. The van der Waals surface area contributed by atoms with Crippen molar-refractivity contribution >= 4 is 11.6 Å². The molecule has 5 heteroatoms. The molecule has 2 atom stereocenters. The molecule has 0 aliphatic rings. The van der Waals surface area contributed by atoms with Gasteiger partial charge >= 0.3 is 0 Å². The molecule has 0 saturated heterocycles. The van der Waals surface area contributed by atoms with Crippen LogP contribution >= 0.6 is 0 Å². The Morgan fingerprint density at radius 3 is 2.38 bits per heavy atom. The molecule has 1 heterocycles. The highest BCUT2D eigenvalue weighted by atomic mass is 16.3. The van der Waals surface area contributed by atoms with Crippen molar-refractivity contribution in [3.05, 3.63) is 36.4 Å². The normalized spacial score (nSPS) is 13.5. The number of aliphatic hydroxyl groups excluding tert-OH is 1. The van der Waals surface area contributed by atoms with Gasteiger partial charge in [0.1, 0.15) is 11.6 Å². The van der Waals surface area contributed by atoms with Crippen LogP contribution in [0.25, 0.3) is 11.4 Å². The van der Waals surface area contributed by atoms with Crippen LogP contribution in [-0.4, -0.2) is 34.3 Å². The molecule has 1 aromatic carbocycles. The molecule has 1 aromatic heterocycles. The lowest BCUT2D eigenvalue weighted by Crippen LogP contribution is -2.21. The fraction of sp³-hybridized carbons (Fsp3) is 0.375. The first-order valence-electron chi connectivity index (χ1n) is 7.15. The zero-order valence-electron chi connectivity index (χ0n) is 12.7. The van der Waals surface area contributed by atoms with E-state index >= 15 is 0 Å². The lowest BCUT2D eigenvalue weighted by atomic mass is 10.1. The van der Waals surface area contributed by atoms with Gasteiger partial charge in [-0.15, -0.1) is 0 Å². The predicted molar refractivity (Wildman–Crippen MR) is 86.4 cm³/mol. The van der Waals surface area contributed by atoms with Crippen molar-refractivity contribution in [2.24, 2.45) is 0 Å². The summed E-state index contributed by atoms with van der Waals surface area (Å²) in [6, 6.07) is 11.9. The van der Waals surface area contributed by atoms with Crippen molar-refractivity contribution < 1.29 is 5.11 Å². The minimum atomic E-state index is -0.341. The summed E-state index contributed by atoms with van der Waals surface area (Å²) >= 11 is 0. The van der Waals surface area contributed by atoms with Gasteiger partial charge in [0, 0.05) is 24.7 Å². The van der Waals surface area contributed by atoms with E-state index in [9.17, 15) is 5.11 Å². The molecule has 5 nitrogen and oxygen atoms in total. The fourth-order valence-corrected chi connectivity index (χ4v) is 2.19. The van der Waals surface area contributed by atoms with E-state index in [1.807, 2.05) is 50.4 Å². The first-order chi connectivity index (χ1) is 10.1. The molecule has 0 spiro atoms. The number of aromatic nitrogens is 2. The van der Waals surface area contributed by atoms with Gasteiger partial charge in [-0.25, -0.2) is 9.97 Å². The van der Waals surface area contributed by atoms with E-state index in [4.69, 9.17) is 0 Å².